The van der Waals surface area contributed by atoms with E-state index in [1.165, 1.54) is 11.1 Å². The lowest BCUT2D eigenvalue weighted by Gasteiger charge is -2.08. The topological polar surface area (TPSA) is 50.4 Å². The molecule has 1 aliphatic heterocycles. The standard InChI is InChI=1S/C18H20N2O2.ClH/c1-2-22-17-7-5-14(6-8-17)18(21)20-10-13-3-4-15-11-19-12-16(15)9-13;/h3-9,19H,2,10-12H2,1H3,(H,20,21);1H. The number of amides is 1. The first-order chi connectivity index (χ1) is 10.8. The minimum absolute atomic E-state index is 0. The lowest BCUT2D eigenvalue weighted by atomic mass is 10.1. The Morgan fingerprint density at radius 2 is 1.87 bits per heavy atom. The van der Waals surface area contributed by atoms with Crippen molar-refractivity contribution in [3.05, 3.63) is 64.7 Å². The van der Waals surface area contributed by atoms with E-state index in [9.17, 15) is 4.79 Å². The summed E-state index contributed by atoms with van der Waals surface area (Å²) in [6.07, 6.45) is 0. The van der Waals surface area contributed by atoms with Crippen LogP contribution in [0.1, 0.15) is 34.0 Å². The third-order valence-corrected chi connectivity index (χ3v) is 3.78. The summed E-state index contributed by atoms with van der Waals surface area (Å²) in [7, 11) is 0. The monoisotopic (exact) mass is 332 g/mol. The van der Waals surface area contributed by atoms with Gasteiger partial charge in [0.2, 0.25) is 0 Å². The SMILES string of the molecule is CCOc1ccc(C(=O)NCc2ccc3c(c2)CNC3)cc1.Cl. The molecule has 2 aromatic carbocycles. The van der Waals surface area contributed by atoms with Crippen LogP contribution in [0.5, 0.6) is 5.75 Å². The average molecular weight is 333 g/mol. The Balaban J connectivity index is 0.00000192. The fourth-order valence-electron chi connectivity index (χ4n) is 2.61. The zero-order chi connectivity index (χ0) is 15.4. The summed E-state index contributed by atoms with van der Waals surface area (Å²) in [6.45, 7) is 4.95. The summed E-state index contributed by atoms with van der Waals surface area (Å²) in [5.41, 5.74) is 4.45. The lowest BCUT2D eigenvalue weighted by molar-refractivity contribution is 0.0951. The van der Waals surface area contributed by atoms with Crippen molar-refractivity contribution in [3.8, 4) is 5.75 Å². The minimum Gasteiger partial charge on any atom is -0.494 e. The molecule has 0 unspecified atom stereocenters. The summed E-state index contributed by atoms with van der Waals surface area (Å²) >= 11 is 0. The molecule has 0 aliphatic carbocycles. The fourth-order valence-corrected chi connectivity index (χ4v) is 2.61. The molecule has 0 saturated heterocycles. The molecule has 2 N–H and O–H groups in total. The lowest BCUT2D eigenvalue weighted by Crippen LogP contribution is -2.22. The van der Waals surface area contributed by atoms with E-state index in [1.54, 1.807) is 12.1 Å². The summed E-state index contributed by atoms with van der Waals surface area (Å²) in [5.74, 6) is 0.715. The molecule has 0 fully saturated rings. The number of hydrogen-bond donors (Lipinski definition) is 2. The Bertz CT molecular complexity index is 671. The van der Waals surface area contributed by atoms with Crippen LogP contribution in [0.2, 0.25) is 0 Å². The van der Waals surface area contributed by atoms with Crippen molar-refractivity contribution >= 4 is 18.3 Å². The van der Waals surface area contributed by atoms with Crippen molar-refractivity contribution in [1.29, 1.82) is 0 Å². The molecule has 0 bridgehead atoms. The highest BCUT2D eigenvalue weighted by molar-refractivity contribution is 5.94. The number of rotatable bonds is 5. The van der Waals surface area contributed by atoms with Crippen LogP contribution in [-0.4, -0.2) is 12.5 Å². The van der Waals surface area contributed by atoms with Gasteiger partial charge in [0, 0.05) is 25.2 Å². The maximum absolute atomic E-state index is 12.2. The van der Waals surface area contributed by atoms with Gasteiger partial charge in [0.1, 0.15) is 5.75 Å². The molecule has 2 aromatic rings. The van der Waals surface area contributed by atoms with Crippen LogP contribution in [0.15, 0.2) is 42.5 Å². The third-order valence-electron chi connectivity index (χ3n) is 3.78. The molecular formula is C18H21ClN2O2. The molecule has 1 heterocycles. The number of ether oxygens (including phenoxy) is 1. The van der Waals surface area contributed by atoms with Gasteiger partial charge in [-0.3, -0.25) is 4.79 Å². The molecule has 4 nitrogen and oxygen atoms in total. The first-order valence-electron chi connectivity index (χ1n) is 7.58. The van der Waals surface area contributed by atoms with Crippen molar-refractivity contribution in [2.24, 2.45) is 0 Å². The van der Waals surface area contributed by atoms with Gasteiger partial charge in [-0.15, -0.1) is 12.4 Å². The largest absolute Gasteiger partial charge is 0.494 e. The van der Waals surface area contributed by atoms with Crippen molar-refractivity contribution in [2.75, 3.05) is 6.61 Å². The van der Waals surface area contributed by atoms with Gasteiger partial charge in [-0.05, 0) is 47.9 Å². The molecule has 0 spiro atoms. The number of hydrogen-bond acceptors (Lipinski definition) is 3. The van der Waals surface area contributed by atoms with E-state index in [1.807, 2.05) is 19.1 Å². The zero-order valence-electron chi connectivity index (χ0n) is 13.1. The van der Waals surface area contributed by atoms with Crippen LogP contribution in [0, 0.1) is 0 Å². The molecule has 1 aliphatic rings. The number of carbonyl (C=O) groups is 1. The second kappa shape index (κ2) is 7.99. The predicted molar refractivity (Wildman–Crippen MR) is 93.0 cm³/mol. The highest BCUT2D eigenvalue weighted by Gasteiger charge is 2.11. The minimum atomic E-state index is -0.0679. The Hall–Kier alpha value is -2.04. The molecule has 5 heteroatoms. The zero-order valence-corrected chi connectivity index (χ0v) is 13.9. The molecule has 23 heavy (non-hydrogen) atoms. The van der Waals surface area contributed by atoms with E-state index in [4.69, 9.17) is 4.74 Å². The van der Waals surface area contributed by atoms with Crippen LogP contribution >= 0.6 is 12.4 Å². The highest BCUT2D eigenvalue weighted by atomic mass is 35.5. The van der Waals surface area contributed by atoms with E-state index in [0.717, 1.165) is 24.4 Å². The van der Waals surface area contributed by atoms with E-state index in [2.05, 4.69) is 28.8 Å². The maximum Gasteiger partial charge on any atom is 0.251 e. The first-order valence-corrected chi connectivity index (χ1v) is 7.58. The molecule has 0 aromatic heterocycles. The van der Waals surface area contributed by atoms with Crippen LogP contribution in [0.25, 0.3) is 0 Å². The quantitative estimate of drug-likeness (QED) is 0.884. The Kier molecular flexibility index (Phi) is 6.02. The van der Waals surface area contributed by atoms with Crippen LogP contribution in [0.3, 0.4) is 0 Å². The summed E-state index contributed by atoms with van der Waals surface area (Å²) < 4.78 is 5.37. The van der Waals surface area contributed by atoms with Crippen LogP contribution in [-0.2, 0) is 19.6 Å². The van der Waals surface area contributed by atoms with Crippen LogP contribution in [0.4, 0.5) is 0 Å². The first kappa shape index (κ1) is 17.3. The van der Waals surface area contributed by atoms with E-state index >= 15 is 0 Å². The van der Waals surface area contributed by atoms with Gasteiger partial charge >= 0.3 is 0 Å². The number of nitrogens with one attached hydrogen (secondary N) is 2. The van der Waals surface area contributed by atoms with Gasteiger partial charge in [-0.1, -0.05) is 18.2 Å². The fraction of sp³-hybridized carbons (Fsp3) is 0.278. The Labute approximate surface area is 142 Å². The van der Waals surface area contributed by atoms with Gasteiger partial charge in [-0.25, -0.2) is 0 Å². The smallest absolute Gasteiger partial charge is 0.251 e. The second-order valence-corrected chi connectivity index (χ2v) is 5.35. The van der Waals surface area contributed by atoms with Crippen molar-refractivity contribution < 1.29 is 9.53 Å². The molecule has 0 atom stereocenters. The number of carbonyl (C=O) groups excluding carboxylic acids is 1. The number of fused-ring (bicyclic) bond motifs is 1. The van der Waals surface area contributed by atoms with Gasteiger partial charge in [-0.2, -0.15) is 0 Å². The van der Waals surface area contributed by atoms with E-state index < -0.39 is 0 Å². The Morgan fingerprint density at radius 1 is 1.13 bits per heavy atom. The van der Waals surface area contributed by atoms with Crippen molar-refractivity contribution in [1.82, 2.24) is 10.6 Å². The van der Waals surface area contributed by atoms with Crippen LogP contribution < -0.4 is 15.4 Å². The second-order valence-electron chi connectivity index (χ2n) is 5.35. The van der Waals surface area contributed by atoms with Gasteiger partial charge in [0.25, 0.3) is 5.91 Å². The van der Waals surface area contributed by atoms with E-state index in [0.29, 0.717) is 18.7 Å². The highest BCUT2D eigenvalue weighted by Crippen LogP contribution is 2.17. The van der Waals surface area contributed by atoms with Gasteiger partial charge in [0.05, 0.1) is 6.61 Å². The van der Waals surface area contributed by atoms with Gasteiger partial charge in [0.15, 0.2) is 0 Å². The summed E-state index contributed by atoms with van der Waals surface area (Å²) in [4.78, 5) is 12.2. The average Bonchev–Trinajstić information content (AvgIpc) is 3.01. The van der Waals surface area contributed by atoms with Crippen molar-refractivity contribution in [3.63, 3.8) is 0 Å². The molecule has 1 amide bonds. The summed E-state index contributed by atoms with van der Waals surface area (Å²) in [6, 6.07) is 13.6. The third kappa shape index (κ3) is 4.24. The predicted octanol–water partition coefficient (Wildman–Crippen LogP) is 3.04. The normalized spacial score (nSPS) is 12.2. The summed E-state index contributed by atoms with van der Waals surface area (Å²) in [5, 5.41) is 6.28. The maximum atomic E-state index is 12.2. The van der Waals surface area contributed by atoms with E-state index in [-0.39, 0.29) is 18.3 Å². The Morgan fingerprint density at radius 3 is 2.61 bits per heavy atom. The molecule has 3 rings (SSSR count). The molecule has 0 saturated carbocycles. The molecule has 122 valence electrons. The van der Waals surface area contributed by atoms with Gasteiger partial charge < -0.3 is 15.4 Å². The number of halogens is 1. The molecule has 0 radical (unpaired) electrons. The molecular weight excluding hydrogens is 312 g/mol. The number of benzene rings is 2. The van der Waals surface area contributed by atoms with Crippen molar-refractivity contribution in [2.45, 2.75) is 26.6 Å².